The molecule has 3 rings (SSSR count). The molecule has 0 saturated carbocycles. The number of carbonyl (C=O) groups is 2. The number of urea groups is 1. The summed E-state index contributed by atoms with van der Waals surface area (Å²) in [5, 5.41) is 10.0. The topological polar surface area (TPSA) is 70.1 Å². The Morgan fingerprint density at radius 1 is 1.26 bits per heavy atom. The lowest BCUT2D eigenvalue weighted by atomic mass is 10.0. The molecule has 124 valence electrons. The van der Waals surface area contributed by atoms with Crippen molar-refractivity contribution in [2.45, 2.75) is 31.4 Å². The highest BCUT2D eigenvalue weighted by Crippen LogP contribution is 2.26. The van der Waals surface area contributed by atoms with E-state index in [2.05, 4.69) is 0 Å². The van der Waals surface area contributed by atoms with E-state index in [0.717, 1.165) is 17.7 Å². The number of fused-ring (bicyclic) bond motifs is 1. The standard InChI is InChI=1S/C16H19FN2O4/c17-11-4-6-13(7-5-11)23-10-12(20)9-19-15(21)14-3-1-2-8-18(14)16(19)22/h4-7,12,14,20H,1-3,8-10H2/t12-,14-/m0/s1. The molecule has 23 heavy (non-hydrogen) atoms. The Balaban J connectivity index is 1.55. The van der Waals surface area contributed by atoms with E-state index in [4.69, 9.17) is 4.74 Å². The maximum atomic E-state index is 12.8. The number of amides is 3. The number of nitrogens with zero attached hydrogens (tertiary/aromatic N) is 2. The second-order valence-corrected chi connectivity index (χ2v) is 5.86. The minimum Gasteiger partial charge on any atom is -0.491 e. The number of piperidine rings is 1. The Morgan fingerprint density at radius 2 is 2.00 bits per heavy atom. The van der Waals surface area contributed by atoms with Gasteiger partial charge in [-0.05, 0) is 43.5 Å². The van der Waals surface area contributed by atoms with Crippen molar-refractivity contribution >= 4 is 11.9 Å². The van der Waals surface area contributed by atoms with Crippen molar-refractivity contribution in [2.24, 2.45) is 0 Å². The smallest absolute Gasteiger partial charge is 0.327 e. The van der Waals surface area contributed by atoms with Gasteiger partial charge in [0.15, 0.2) is 0 Å². The van der Waals surface area contributed by atoms with Gasteiger partial charge in [-0.2, -0.15) is 0 Å². The van der Waals surface area contributed by atoms with E-state index in [1.54, 1.807) is 4.90 Å². The van der Waals surface area contributed by atoms with Crippen molar-refractivity contribution in [3.63, 3.8) is 0 Å². The van der Waals surface area contributed by atoms with Crippen LogP contribution in [0.1, 0.15) is 19.3 Å². The summed E-state index contributed by atoms with van der Waals surface area (Å²) in [6, 6.07) is 4.71. The Hall–Kier alpha value is -2.15. The summed E-state index contributed by atoms with van der Waals surface area (Å²) in [6.07, 6.45) is 1.53. The number of hydrogen-bond donors (Lipinski definition) is 1. The van der Waals surface area contributed by atoms with Crippen molar-refractivity contribution in [3.05, 3.63) is 30.1 Å². The second-order valence-electron chi connectivity index (χ2n) is 5.86. The number of ether oxygens (including phenoxy) is 1. The van der Waals surface area contributed by atoms with Crippen LogP contribution in [0.5, 0.6) is 5.75 Å². The predicted molar refractivity (Wildman–Crippen MR) is 79.4 cm³/mol. The van der Waals surface area contributed by atoms with Gasteiger partial charge in [0.2, 0.25) is 0 Å². The fraction of sp³-hybridized carbons (Fsp3) is 0.500. The molecule has 2 atom stereocenters. The number of benzene rings is 1. The zero-order chi connectivity index (χ0) is 16.4. The molecule has 7 heteroatoms. The SMILES string of the molecule is O=C1[C@@H]2CCCCN2C(=O)N1C[C@H](O)COc1ccc(F)cc1. The van der Waals surface area contributed by atoms with E-state index in [0.29, 0.717) is 18.7 Å². The lowest BCUT2D eigenvalue weighted by molar-refractivity contribution is -0.129. The number of aliphatic hydroxyl groups is 1. The quantitative estimate of drug-likeness (QED) is 0.832. The number of aliphatic hydroxyl groups excluding tert-OH is 1. The van der Waals surface area contributed by atoms with Gasteiger partial charge < -0.3 is 14.7 Å². The number of β-amino-alcohol motifs (C(OH)–C–C–N with tert-alkyl or cyclic N) is 1. The summed E-state index contributed by atoms with van der Waals surface area (Å²) in [4.78, 5) is 27.2. The molecule has 2 aliphatic rings. The Bertz CT molecular complexity index is 568. The van der Waals surface area contributed by atoms with Crippen LogP contribution in [-0.2, 0) is 4.79 Å². The lowest BCUT2D eigenvalue weighted by Crippen LogP contribution is -2.40. The summed E-state index contributed by atoms with van der Waals surface area (Å²) >= 11 is 0. The number of rotatable bonds is 5. The maximum absolute atomic E-state index is 12.8. The van der Waals surface area contributed by atoms with E-state index in [1.165, 1.54) is 24.3 Å². The molecule has 0 radical (unpaired) electrons. The minimum atomic E-state index is -0.991. The highest BCUT2D eigenvalue weighted by atomic mass is 19.1. The highest BCUT2D eigenvalue weighted by molar-refractivity contribution is 6.04. The van der Waals surface area contributed by atoms with E-state index >= 15 is 0 Å². The minimum absolute atomic E-state index is 0.0760. The normalized spacial score (nSPS) is 22.3. The zero-order valence-electron chi connectivity index (χ0n) is 12.7. The van der Waals surface area contributed by atoms with Gasteiger partial charge in [0.1, 0.15) is 30.3 Å². The molecule has 2 aliphatic heterocycles. The number of carbonyl (C=O) groups excluding carboxylic acids is 2. The number of halogens is 1. The molecular formula is C16H19FN2O4. The molecule has 0 bridgehead atoms. The summed E-state index contributed by atoms with van der Waals surface area (Å²) in [5.41, 5.74) is 0. The maximum Gasteiger partial charge on any atom is 0.327 e. The van der Waals surface area contributed by atoms with E-state index < -0.39 is 6.10 Å². The summed E-state index contributed by atoms with van der Waals surface area (Å²) < 4.78 is 18.1. The first kappa shape index (κ1) is 15.7. The molecule has 2 heterocycles. The molecule has 1 aromatic carbocycles. The van der Waals surface area contributed by atoms with Gasteiger partial charge in [0, 0.05) is 6.54 Å². The van der Waals surface area contributed by atoms with Crippen molar-refractivity contribution in [1.82, 2.24) is 9.80 Å². The first-order chi connectivity index (χ1) is 11.1. The molecule has 1 aromatic rings. The Kier molecular flexibility index (Phi) is 4.47. The molecule has 0 unspecified atom stereocenters. The molecule has 3 amide bonds. The van der Waals surface area contributed by atoms with Crippen molar-refractivity contribution in [2.75, 3.05) is 19.7 Å². The monoisotopic (exact) mass is 322 g/mol. The molecule has 0 aliphatic carbocycles. The molecule has 2 fully saturated rings. The molecule has 0 spiro atoms. The van der Waals surface area contributed by atoms with Crippen molar-refractivity contribution in [1.29, 1.82) is 0 Å². The van der Waals surface area contributed by atoms with E-state index in [9.17, 15) is 19.1 Å². The highest BCUT2D eigenvalue weighted by Gasteiger charge is 2.46. The number of imide groups is 1. The van der Waals surface area contributed by atoms with Crippen LogP contribution < -0.4 is 4.74 Å². The third-order valence-electron chi connectivity index (χ3n) is 4.18. The average molecular weight is 322 g/mol. The fourth-order valence-electron chi connectivity index (χ4n) is 3.00. The van der Waals surface area contributed by atoms with Crippen LogP contribution in [0.2, 0.25) is 0 Å². The summed E-state index contributed by atoms with van der Waals surface area (Å²) in [7, 11) is 0. The number of hydrogen-bond acceptors (Lipinski definition) is 4. The Morgan fingerprint density at radius 3 is 2.70 bits per heavy atom. The van der Waals surface area contributed by atoms with Crippen LogP contribution in [-0.4, -0.2) is 58.7 Å². The fourth-order valence-corrected chi connectivity index (χ4v) is 3.00. The summed E-state index contributed by atoms with van der Waals surface area (Å²) in [6.45, 7) is 0.424. The molecule has 1 N–H and O–H groups in total. The molecule has 2 saturated heterocycles. The summed E-state index contributed by atoms with van der Waals surface area (Å²) in [5.74, 6) is -0.194. The molecular weight excluding hydrogens is 303 g/mol. The first-order valence-electron chi connectivity index (χ1n) is 7.74. The average Bonchev–Trinajstić information content (AvgIpc) is 2.80. The van der Waals surface area contributed by atoms with E-state index in [-0.39, 0.29) is 36.9 Å². The Labute approximate surface area is 133 Å². The van der Waals surface area contributed by atoms with Gasteiger partial charge in [0.05, 0.1) is 6.54 Å². The van der Waals surface area contributed by atoms with Gasteiger partial charge in [-0.15, -0.1) is 0 Å². The first-order valence-corrected chi connectivity index (χ1v) is 7.74. The van der Waals surface area contributed by atoms with Gasteiger partial charge in [0.25, 0.3) is 5.91 Å². The second kappa shape index (κ2) is 6.54. The largest absolute Gasteiger partial charge is 0.491 e. The van der Waals surface area contributed by atoms with Gasteiger partial charge >= 0.3 is 6.03 Å². The van der Waals surface area contributed by atoms with Crippen LogP contribution in [0.3, 0.4) is 0 Å². The van der Waals surface area contributed by atoms with Crippen LogP contribution in [0.4, 0.5) is 9.18 Å². The van der Waals surface area contributed by atoms with Crippen molar-refractivity contribution < 1.29 is 23.8 Å². The molecule has 0 aromatic heterocycles. The van der Waals surface area contributed by atoms with Crippen LogP contribution in [0, 0.1) is 5.82 Å². The van der Waals surface area contributed by atoms with Gasteiger partial charge in [-0.3, -0.25) is 9.69 Å². The van der Waals surface area contributed by atoms with Gasteiger partial charge in [-0.25, -0.2) is 9.18 Å². The van der Waals surface area contributed by atoms with E-state index in [1.807, 2.05) is 0 Å². The van der Waals surface area contributed by atoms with Crippen LogP contribution in [0.25, 0.3) is 0 Å². The van der Waals surface area contributed by atoms with Gasteiger partial charge in [-0.1, -0.05) is 0 Å². The zero-order valence-corrected chi connectivity index (χ0v) is 12.7. The third-order valence-corrected chi connectivity index (χ3v) is 4.18. The van der Waals surface area contributed by atoms with Crippen LogP contribution in [0.15, 0.2) is 24.3 Å². The van der Waals surface area contributed by atoms with Crippen LogP contribution >= 0.6 is 0 Å². The van der Waals surface area contributed by atoms with Crippen molar-refractivity contribution in [3.8, 4) is 5.75 Å². The third kappa shape index (κ3) is 3.29. The lowest BCUT2D eigenvalue weighted by Gasteiger charge is -2.26. The molecule has 6 nitrogen and oxygen atoms in total. The predicted octanol–water partition coefficient (Wildman–Crippen LogP) is 1.38.